The number of aryl methyl sites for hydroxylation is 1. The largest absolute Gasteiger partial charge is 0.378 e. The third-order valence-electron chi connectivity index (χ3n) is 4.44. The zero-order valence-electron chi connectivity index (χ0n) is 14.9. The molecule has 1 saturated heterocycles. The number of carbonyl (C=O) groups is 2. The van der Waals surface area contributed by atoms with Gasteiger partial charge in [0.25, 0.3) is 5.91 Å². The molecule has 9 nitrogen and oxygen atoms in total. The molecule has 1 aromatic carbocycles. The van der Waals surface area contributed by atoms with Crippen LogP contribution in [0.25, 0.3) is 11.0 Å². The van der Waals surface area contributed by atoms with Crippen LogP contribution in [0.4, 0.5) is 5.95 Å². The first-order valence-corrected chi connectivity index (χ1v) is 8.76. The Balaban J connectivity index is 1.43. The fraction of sp³-hybridized carbons (Fsp3) is 0.333. The first kappa shape index (κ1) is 17.2. The van der Waals surface area contributed by atoms with Crippen LogP contribution in [0.1, 0.15) is 16.2 Å². The number of amides is 2. The number of para-hydroxylation sites is 2. The van der Waals surface area contributed by atoms with E-state index in [1.807, 2.05) is 31.2 Å². The van der Waals surface area contributed by atoms with Gasteiger partial charge in [0.15, 0.2) is 5.69 Å². The van der Waals surface area contributed by atoms with E-state index >= 15 is 0 Å². The molecular weight excluding hydrogens is 348 g/mol. The number of nitrogens with one attached hydrogen (secondary N) is 2. The average molecular weight is 368 g/mol. The highest BCUT2D eigenvalue weighted by Gasteiger charge is 2.22. The number of fused-ring (bicyclic) bond motifs is 1. The van der Waals surface area contributed by atoms with Gasteiger partial charge in [0.1, 0.15) is 6.54 Å². The van der Waals surface area contributed by atoms with Crippen LogP contribution in [-0.2, 0) is 16.1 Å². The second-order valence-corrected chi connectivity index (χ2v) is 6.38. The van der Waals surface area contributed by atoms with Gasteiger partial charge < -0.3 is 14.6 Å². The Morgan fingerprint density at radius 1 is 1.26 bits per heavy atom. The Morgan fingerprint density at radius 3 is 2.81 bits per heavy atom. The molecule has 9 heteroatoms. The normalized spacial score (nSPS) is 14.5. The second kappa shape index (κ2) is 7.20. The minimum Gasteiger partial charge on any atom is -0.378 e. The minimum absolute atomic E-state index is 0.000725. The second-order valence-electron chi connectivity index (χ2n) is 6.38. The maximum Gasteiger partial charge on any atom is 0.274 e. The van der Waals surface area contributed by atoms with E-state index in [-0.39, 0.29) is 18.4 Å². The van der Waals surface area contributed by atoms with Crippen LogP contribution in [0.5, 0.6) is 0 Å². The molecule has 2 aromatic heterocycles. The van der Waals surface area contributed by atoms with Crippen LogP contribution in [-0.4, -0.2) is 62.8 Å². The summed E-state index contributed by atoms with van der Waals surface area (Å²) < 4.78 is 6.78. The van der Waals surface area contributed by atoms with Gasteiger partial charge in [-0.2, -0.15) is 5.10 Å². The number of rotatable bonds is 4. The molecule has 0 bridgehead atoms. The van der Waals surface area contributed by atoms with E-state index in [0.29, 0.717) is 37.9 Å². The van der Waals surface area contributed by atoms with Gasteiger partial charge in [-0.15, -0.1) is 0 Å². The van der Waals surface area contributed by atoms with E-state index in [1.165, 1.54) is 4.68 Å². The molecule has 2 N–H and O–H groups in total. The molecule has 1 aliphatic rings. The number of anilines is 1. The molecule has 0 unspecified atom stereocenters. The number of imidazole rings is 1. The molecule has 0 atom stereocenters. The van der Waals surface area contributed by atoms with Crippen molar-refractivity contribution in [1.82, 2.24) is 24.6 Å². The fourth-order valence-electron chi connectivity index (χ4n) is 3.02. The summed E-state index contributed by atoms with van der Waals surface area (Å²) in [4.78, 5) is 34.0. The van der Waals surface area contributed by atoms with Gasteiger partial charge in [0, 0.05) is 18.8 Å². The summed E-state index contributed by atoms with van der Waals surface area (Å²) in [5, 5.41) is 7.03. The van der Waals surface area contributed by atoms with Gasteiger partial charge in [0.05, 0.1) is 24.2 Å². The number of benzene rings is 1. The Kier molecular flexibility index (Phi) is 4.59. The van der Waals surface area contributed by atoms with E-state index in [0.717, 1.165) is 16.7 Å². The molecular formula is C18H20N6O3. The van der Waals surface area contributed by atoms with Crippen LogP contribution in [0.3, 0.4) is 0 Å². The van der Waals surface area contributed by atoms with E-state index in [1.54, 1.807) is 11.0 Å². The molecule has 3 aromatic rings. The molecule has 0 aliphatic carbocycles. The summed E-state index contributed by atoms with van der Waals surface area (Å²) in [5.74, 6) is -0.0286. The molecule has 0 saturated carbocycles. The number of morpholine rings is 1. The van der Waals surface area contributed by atoms with E-state index in [4.69, 9.17) is 4.74 Å². The number of nitrogens with zero attached hydrogens (tertiary/aromatic N) is 4. The Hall–Kier alpha value is -3.20. The number of ether oxygens (including phenoxy) is 1. The van der Waals surface area contributed by atoms with Crippen LogP contribution in [0.2, 0.25) is 0 Å². The summed E-state index contributed by atoms with van der Waals surface area (Å²) in [6.45, 7) is 3.99. The highest BCUT2D eigenvalue weighted by atomic mass is 16.5. The van der Waals surface area contributed by atoms with E-state index < -0.39 is 0 Å². The molecule has 3 heterocycles. The van der Waals surface area contributed by atoms with Crippen molar-refractivity contribution >= 4 is 28.8 Å². The lowest BCUT2D eigenvalue weighted by atomic mass is 10.3. The summed E-state index contributed by atoms with van der Waals surface area (Å²) in [6.07, 6.45) is 0. The first-order valence-electron chi connectivity index (χ1n) is 8.76. The van der Waals surface area contributed by atoms with Crippen LogP contribution >= 0.6 is 0 Å². The molecule has 1 fully saturated rings. The fourth-order valence-corrected chi connectivity index (χ4v) is 3.02. The minimum atomic E-state index is -0.273. The molecule has 0 spiro atoms. The van der Waals surface area contributed by atoms with Crippen molar-refractivity contribution in [3.8, 4) is 0 Å². The Morgan fingerprint density at radius 2 is 2.04 bits per heavy atom. The lowest BCUT2D eigenvalue weighted by Crippen LogP contribution is -2.40. The molecule has 140 valence electrons. The van der Waals surface area contributed by atoms with Gasteiger partial charge in [-0.05, 0) is 25.1 Å². The van der Waals surface area contributed by atoms with Gasteiger partial charge in [0.2, 0.25) is 11.9 Å². The molecule has 1 aliphatic heterocycles. The monoisotopic (exact) mass is 368 g/mol. The van der Waals surface area contributed by atoms with Crippen molar-refractivity contribution in [1.29, 1.82) is 0 Å². The summed E-state index contributed by atoms with van der Waals surface area (Å²) in [5.41, 5.74) is 2.71. The smallest absolute Gasteiger partial charge is 0.274 e. The third kappa shape index (κ3) is 3.68. The topological polar surface area (TPSA) is 105 Å². The van der Waals surface area contributed by atoms with Crippen molar-refractivity contribution in [3.05, 3.63) is 41.7 Å². The first-order chi connectivity index (χ1) is 13.1. The molecule has 27 heavy (non-hydrogen) atoms. The van der Waals surface area contributed by atoms with Crippen LogP contribution in [0, 0.1) is 6.92 Å². The predicted octanol–water partition coefficient (Wildman–Crippen LogP) is 1.18. The van der Waals surface area contributed by atoms with Crippen molar-refractivity contribution in [2.24, 2.45) is 0 Å². The number of hydrogen-bond donors (Lipinski definition) is 2. The number of H-pyrrole nitrogens is 1. The predicted molar refractivity (Wildman–Crippen MR) is 98.4 cm³/mol. The lowest BCUT2D eigenvalue weighted by molar-refractivity contribution is -0.117. The molecule has 2 amide bonds. The molecule has 0 radical (unpaired) electrons. The van der Waals surface area contributed by atoms with Gasteiger partial charge in [-0.1, -0.05) is 12.1 Å². The highest BCUT2D eigenvalue weighted by molar-refractivity contribution is 5.93. The zero-order valence-corrected chi connectivity index (χ0v) is 14.9. The van der Waals surface area contributed by atoms with E-state index in [9.17, 15) is 9.59 Å². The van der Waals surface area contributed by atoms with Crippen molar-refractivity contribution in [2.45, 2.75) is 13.5 Å². The highest BCUT2D eigenvalue weighted by Crippen LogP contribution is 2.14. The average Bonchev–Trinajstić information content (AvgIpc) is 3.24. The quantitative estimate of drug-likeness (QED) is 0.719. The number of hydrogen-bond acceptors (Lipinski definition) is 5. The lowest BCUT2D eigenvalue weighted by Gasteiger charge is -2.25. The van der Waals surface area contributed by atoms with Crippen molar-refractivity contribution in [3.63, 3.8) is 0 Å². The van der Waals surface area contributed by atoms with E-state index in [2.05, 4.69) is 20.4 Å². The SMILES string of the molecule is Cc1cc(C(=O)N2CCOCC2)nn1CC(=O)Nc1nc2ccccc2[nH]1. The summed E-state index contributed by atoms with van der Waals surface area (Å²) >= 11 is 0. The summed E-state index contributed by atoms with van der Waals surface area (Å²) in [6, 6.07) is 9.23. The van der Waals surface area contributed by atoms with Crippen LogP contribution in [0.15, 0.2) is 30.3 Å². The van der Waals surface area contributed by atoms with Crippen LogP contribution < -0.4 is 5.32 Å². The Bertz CT molecular complexity index is 953. The number of carbonyl (C=O) groups excluding carboxylic acids is 2. The standard InChI is InChI=1S/C18H20N6O3/c1-12-10-15(17(26)23-6-8-27-9-7-23)22-24(12)11-16(25)21-18-19-13-4-2-3-5-14(13)20-18/h2-5,10H,6-9,11H2,1H3,(H2,19,20,21,25). The van der Waals surface area contributed by atoms with Gasteiger partial charge >= 0.3 is 0 Å². The number of aromatic nitrogens is 4. The Labute approximate surface area is 155 Å². The van der Waals surface area contributed by atoms with Crippen molar-refractivity contribution < 1.29 is 14.3 Å². The summed E-state index contributed by atoms with van der Waals surface area (Å²) in [7, 11) is 0. The maximum absolute atomic E-state index is 12.5. The third-order valence-corrected chi connectivity index (χ3v) is 4.44. The van der Waals surface area contributed by atoms with Gasteiger partial charge in [-0.25, -0.2) is 4.98 Å². The number of aromatic amines is 1. The maximum atomic E-state index is 12.5. The molecule has 4 rings (SSSR count). The van der Waals surface area contributed by atoms with Crippen molar-refractivity contribution in [2.75, 3.05) is 31.6 Å². The zero-order chi connectivity index (χ0) is 18.8. The van der Waals surface area contributed by atoms with Gasteiger partial charge in [-0.3, -0.25) is 19.6 Å².